The maximum atomic E-state index is 13.3. The Bertz CT molecular complexity index is 1080. The van der Waals surface area contributed by atoms with Crippen LogP contribution in [-0.2, 0) is 0 Å². The highest BCUT2D eigenvalue weighted by atomic mass is 16.4. The number of ketones is 1. The Morgan fingerprint density at radius 2 is 1.66 bits per heavy atom. The van der Waals surface area contributed by atoms with E-state index in [1.165, 1.54) is 13.0 Å². The molecule has 1 heterocycles. The number of aromatic hydroxyl groups is 1. The summed E-state index contributed by atoms with van der Waals surface area (Å²) in [6, 6.07) is 12.2. The molecule has 0 atom stereocenters. The highest BCUT2D eigenvalue weighted by Gasteiger charge is 2.24. The van der Waals surface area contributed by atoms with Gasteiger partial charge in [-0.3, -0.25) is 9.69 Å². The minimum absolute atomic E-state index is 0.0838. The number of urea groups is 1. The van der Waals surface area contributed by atoms with Gasteiger partial charge >= 0.3 is 6.03 Å². The molecule has 0 aliphatic carbocycles. The van der Waals surface area contributed by atoms with Gasteiger partial charge in [-0.2, -0.15) is 0 Å². The van der Waals surface area contributed by atoms with Crippen molar-refractivity contribution in [3.05, 3.63) is 48.2 Å². The van der Waals surface area contributed by atoms with Gasteiger partial charge in [0.15, 0.2) is 22.9 Å². The molecule has 2 aromatic carbocycles. The van der Waals surface area contributed by atoms with Crippen molar-refractivity contribution in [2.24, 2.45) is 0 Å². The minimum Gasteiger partial charge on any atom is -0.504 e. The average Bonchev–Trinajstić information content (AvgIpc) is 3.24. The maximum absolute atomic E-state index is 13.3. The predicted molar refractivity (Wildman–Crippen MR) is 128 cm³/mol. The number of phenolic OH excluding ortho intramolecular Hbond substituents is 1. The Morgan fingerprint density at radius 3 is 2.25 bits per heavy atom. The van der Waals surface area contributed by atoms with Crippen LogP contribution in [-0.4, -0.2) is 36.6 Å². The van der Waals surface area contributed by atoms with E-state index in [4.69, 9.17) is 4.42 Å². The largest absolute Gasteiger partial charge is 0.504 e. The number of carbonyl (C=O) groups is 2. The Kier molecular flexibility index (Phi) is 7.41. The van der Waals surface area contributed by atoms with Gasteiger partial charge in [0.05, 0.1) is 11.4 Å². The first-order valence-electron chi connectivity index (χ1n) is 11.1. The molecular weight excluding hydrogens is 406 g/mol. The lowest BCUT2D eigenvalue weighted by atomic mass is 10.1. The van der Waals surface area contributed by atoms with Crippen LogP contribution in [0.3, 0.4) is 0 Å². The molecule has 3 rings (SSSR count). The first-order chi connectivity index (χ1) is 15.4. The van der Waals surface area contributed by atoms with Crippen molar-refractivity contribution in [2.45, 2.75) is 40.5 Å². The number of unbranched alkanes of at least 4 members (excludes halogenated alkanes) is 1. The zero-order chi connectivity index (χ0) is 23.3. The van der Waals surface area contributed by atoms with Crippen LogP contribution < -0.4 is 15.1 Å². The molecule has 0 saturated heterocycles. The van der Waals surface area contributed by atoms with Crippen molar-refractivity contribution in [3.63, 3.8) is 0 Å². The van der Waals surface area contributed by atoms with Crippen molar-refractivity contribution in [3.8, 4) is 5.75 Å². The molecule has 170 valence electrons. The molecular formula is C25H31N3O4. The number of phenols is 1. The number of rotatable bonds is 9. The summed E-state index contributed by atoms with van der Waals surface area (Å²) in [6.07, 6.45) is 1.83. The number of benzene rings is 2. The smallest absolute Gasteiger partial charge is 0.326 e. The lowest BCUT2D eigenvalue weighted by Crippen LogP contribution is -2.37. The molecule has 0 spiro atoms. The third-order valence-corrected chi connectivity index (χ3v) is 5.47. The molecule has 2 amide bonds. The number of amides is 2. The monoisotopic (exact) mass is 437 g/mol. The van der Waals surface area contributed by atoms with E-state index in [0.29, 0.717) is 23.3 Å². The van der Waals surface area contributed by atoms with Gasteiger partial charge < -0.3 is 19.7 Å². The van der Waals surface area contributed by atoms with Gasteiger partial charge in [-0.15, -0.1) is 0 Å². The summed E-state index contributed by atoms with van der Waals surface area (Å²) in [5.41, 5.74) is 2.45. The highest BCUT2D eigenvalue weighted by Crippen LogP contribution is 2.39. The molecule has 0 aliphatic rings. The van der Waals surface area contributed by atoms with Crippen molar-refractivity contribution in [1.29, 1.82) is 0 Å². The predicted octanol–water partition coefficient (Wildman–Crippen LogP) is 5.84. The van der Waals surface area contributed by atoms with Gasteiger partial charge in [0, 0.05) is 37.6 Å². The molecule has 0 aliphatic heterocycles. The van der Waals surface area contributed by atoms with Gasteiger partial charge in [0.1, 0.15) is 0 Å². The van der Waals surface area contributed by atoms with Crippen LogP contribution in [0.25, 0.3) is 11.0 Å². The molecule has 7 nitrogen and oxygen atoms in total. The number of carbonyl (C=O) groups excluding carboxylic acids is 2. The lowest BCUT2D eigenvalue weighted by Gasteiger charge is -2.26. The topological polar surface area (TPSA) is 86.0 Å². The van der Waals surface area contributed by atoms with E-state index in [0.717, 1.165) is 31.6 Å². The molecule has 1 aromatic heterocycles. The maximum Gasteiger partial charge on any atom is 0.326 e. The Hall–Kier alpha value is -3.48. The summed E-state index contributed by atoms with van der Waals surface area (Å²) in [4.78, 5) is 28.9. The van der Waals surface area contributed by atoms with Gasteiger partial charge in [-0.05, 0) is 62.7 Å². The summed E-state index contributed by atoms with van der Waals surface area (Å²) in [6.45, 7) is 9.99. The molecule has 7 heteroatoms. The second kappa shape index (κ2) is 10.2. The number of furan rings is 1. The first-order valence-corrected chi connectivity index (χ1v) is 11.1. The summed E-state index contributed by atoms with van der Waals surface area (Å²) in [7, 11) is 0. The molecule has 0 unspecified atom stereocenters. The quantitative estimate of drug-likeness (QED) is 0.325. The van der Waals surface area contributed by atoms with E-state index in [-0.39, 0.29) is 28.9 Å². The molecule has 0 saturated carbocycles. The van der Waals surface area contributed by atoms with Gasteiger partial charge in [0.2, 0.25) is 0 Å². The van der Waals surface area contributed by atoms with Gasteiger partial charge in [-0.25, -0.2) is 4.79 Å². The van der Waals surface area contributed by atoms with Crippen LogP contribution in [0.5, 0.6) is 5.75 Å². The first kappa shape index (κ1) is 23.2. The van der Waals surface area contributed by atoms with E-state index in [2.05, 4.69) is 31.0 Å². The fourth-order valence-corrected chi connectivity index (χ4v) is 3.68. The standard InChI is InChI=1S/C25H31N3O4/c1-5-8-15-26-25(31)28(19-11-9-18(10-12-19)27(6-2)7-3)21-13-14-22(30)24-20(21)16-23(32-24)17(4)29/h9-14,16,30H,5-8,15H2,1-4H3,(H,26,31). The van der Waals surface area contributed by atoms with E-state index in [9.17, 15) is 14.7 Å². The molecule has 2 N–H and O–H groups in total. The number of hydrogen-bond acceptors (Lipinski definition) is 5. The number of anilines is 3. The molecule has 32 heavy (non-hydrogen) atoms. The van der Waals surface area contributed by atoms with Crippen molar-refractivity contribution in [2.75, 3.05) is 29.4 Å². The molecule has 0 fully saturated rings. The zero-order valence-corrected chi connectivity index (χ0v) is 19.1. The summed E-state index contributed by atoms with van der Waals surface area (Å²) < 4.78 is 5.58. The summed E-state index contributed by atoms with van der Waals surface area (Å²) >= 11 is 0. The normalized spacial score (nSPS) is 10.9. The van der Waals surface area contributed by atoms with E-state index >= 15 is 0 Å². The highest BCUT2D eigenvalue weighted by molar-refractivity contribution is 6.09. The summed E-state index contributed by atoms with van der Waals surface area (Å²) in [5.74, 6) is -0.209. The van der Waals surface area contributed by atoms with Crippen LogP contribution in [0.15, 0.2) is 46.9 Å². The number of Topliss-reactive ketones (excluding diaryl/α,β-unsaturated/α-hetero) is 1. The second-order valence-corrected chi connectivity index (χ2v) is 7.62. The average molecular weight is 438 g/mol. The fraction of sp³-hybridized carbons (Fsp3) is 0.360. The Morgan fingerprint density at radius 1 is 1.00 bits per heavy atom. The van der Waals surface area contributed by atoms with Gasteiger partial charge in [-0.1, -0.05) is 13.3 Å². The third kappa shape index (κ3) is 4.72. The number of hydrogen-bond donors (Lipinski definition) is 2. The lowest BCUT2D eigenvalue weighted by molar-refractivity contribution is 0.0989. The fourth-order valence-electron chi connectivity index (χ4n) is 3.68. The van der Waals surface area contributed by atoms with Crippen molar-refractivity contribution >= 4 is 39.8 Å². The molecule has 0 radical (unpaired) electrons. The van der Waals surface area contributed by atoms with E-state index < -0.39 is 0 Å². The minimum atomic E-state index is -0.286. The second-order valence-electron chi connectivity index (χ2n) is 7.62. The van der Waals surface area contributed by atoms with Crippen LogP contribution in [0, 0.1) is 0 Å². The van der Waals surface area contributed by atoms with Crippen LogP contribution in [0.2, 0.25) is 0 Å². The van der Waals surface area contributed by atoms with E-state index in [1.54, 1.807) is 17.0 Å². The summed E-state index contributed by atoms with van der Waals surface area (Å²) in [5, 5.41) is 13.7. The zero-order valence-electron chi connectivity index (χ0n) is 19.1. The molecule has 3 aromatic rings. The SMILES string of the molecule is CCCCNC(=O)N(c1ccc(N(CC)CC)cc1)c1ccc(O)c2oc(C(C)=O)cc12. The van der Waals surface area contributed by atoms with Gasteiger partial charge in [0.25, 0.3) is 0 Å². The number of fused-ring (bicyclic) bond motifs is 1. The van der Waals surface area contributed by atoms with Crippen LogP contribution in [0.4, 0.5) is 21.9 Å². The molecule has 0 bridgehead atoms. The number of nitrogens with zero attached hydrogens (tertiary/aromatic N) is 2. The van der Waals surface area contributed by atoms with E-state index in [1.807, 2.05) is 24.3 Å². The Balaban J connectivity index is 2.11. The number of nitrogens with one attached hydrogen (secondary N) is 1. The Labute approximate surface area is 188 Å². The van der Waals surface area contributed by atoms with Crippen molar-refractivity contribution < 1.29 is 19.1 Å². The van der Waals surface area contributed by atoms with Crippen LogP contribution in [0.1, 0.15) is 51.1 Å². The van der Waals surface area contributed by atoms with Crippen LogP contribution >= 0.6 is 0 Å². The third-order valence-electron chi connectivity index (χ3n) is 5.47. The van der Waals surface area contributed by atoms with Crippen molar-refractivity contribution in [1.82, 2.24) is 5.32 Å².